The van der Waals surface area contributed by atoms with Crippen LogP contribution in [0.1, 0.15) is 31.3 Å². The van der Waals surface area contributed by atoms with Crippen LogP contribution in [-0.4, -0.2) is 58.6 Å². The molecule has 2 heterocycles. The Labute approximate surface area is 151 Å². The summed E-state index contributed by atoms with van der Waals surface area (Å²) in [5.74, 6) is -0.0730. The van der Waals surface area contributed by atoms with Crippen LogP contribution < -0.4 is 0 Å². The van der Waals surface area contributed by atoms with Crippen molar-refractivity contribution in [2.75, 3.05) is 26.2 Å². The second kappa shape index (κ2) is 6.59. The lowest BCUT2D eigenvalue weighted by molar-refractivity contribution is 0.0140. The number of benzene rings is 1. The molecule has 1 saturated heterocycles. The Morgan fingerprint density at radius 2 is 1.72 bits per heavy atom. The molecule has 0 saturated carbocycles. The van der Waals surface area contributed by atoms with Gasteiger partial charge in [0, 0.05) is 42.1 Å². The molecule has 2 aromatic rings. The van der Waals surface area contributed by atoms with Crippen LogP contribution in [0.5, 0.6) is 0 Å². The maximum atomic E-state index is 12.7. The zero-order valence-electron chi connectivity index (χ0n) is 14.6. The summed E-state index contributed by atoms with van der Waals surface area (Å²) in [6, 6.07) is 7.28. The lowest BCUT2D eigenvalue weighted by Crippen LogP contribution is -2.51. The van der Waals surface area contributed by atoms with Crippen LogP contribution in [0.25, 0.3) is 10.9 Å². The molecule has 1 aromatic carbocycles. The van der Waals surface area contributed by atoms with E-state index in [1.54, 1.807) is 15.9 Å². The standard InChI is InChI=1S/C18H22ClN3O3/c1-18(2,3)25-17(24)22-8-6-21(7-9-22)16(23)15-11-12-10-13(19)4-5-14(12)20-15/h4-5,10-11,20H,6-9H2,1-3H3. The van der Waals surface area contributed by atoms with Crippen LogP contribution in [0.3, 0.4) is 0 Å². The van der Waals surface area contributed by atoms with Gasteiger partial charge in [-0.1, -0.05) is 11.6 Å². The van der Waals surface area contributed by atoms with Gasteiger partial charge in [-0.2, -0.15) is 0 Å². The topological polar surface area (TPSA) is 65.6 Å². The number of hydrogen-bond acceptors (Lipinski definition) is 3. The minimum Gasteiger partial charge on any atom is -0.444 e. The highest BCUT2D eigenvalue weighted by Crippen LogP contribution is 2.21. The molecule has 3 rings (SSSR count). The number of carbonyl (C=O) groups excluding carboxylic acids is 2. The molecule has 134 valence electrons. The van der Waals surface area contributed by atoms with Crippen LogP contribution in [0.15, 0.2) is 24.3 Å². The summed E-state index contributed by atoms with van der Waals surface area (Å²) in [5.41, 5.74) is 0.887. The number of carbonyl (C=O) groups is 2. The summed E-state index contributed by atoms with van der Waals surface area (Å²) in [6.45, 7) is 7.41. The number of aromatic amines is 1. The van der Waals surface area contributed by atoms with E-state index < -0.39 is 5.60 Å². The van der Waals surface area contributed by atoms with Crippen molar-refractivity contribution in [2.45, 2.75) is 26.4 Å². The maximum Gasteiger partial charge on any atom is 0.410 e. The zero-order chi connectivity index (χ0) is 18.2. The van der Waals surface area contributed by atoms with Crippen molar-refractivity contribution in [1.29, 1.82) is 0 Å². The molecule has 0 unspecified atom stereocenters. The Morgan fingerprint density at radius 1 is 1.08 bits per heavy atom. The highest BCUT2D eigenvalue weighted by molar-refractivity contribution is 6.31. The normalized spacial score (nSPS) is 15.5. The second-order valence-corrected chi connectivity index (χ2v) is 7.61. The average molecular weight is 364 g/mol. The van der Waals surface area contributed by atoms with Crippen LogP contribution in [0.2, 0.25) is 5.02 Å². The average Bonchev–Trinajstić information content (AvgIpc) is 2.95. The number of hydrogen-bond donors (Lipinski definition) is 1. The number of nitrogens with one attached hydrogen (secondary N) is 1. The Morgan fingerprint density at radius 3 is 2.36 bits per heavy atom. The van der Waals surface area contributed by atoms with Gasteiger partial charge in [0.15, 0.2) is 0 Å². The van der Waals surface area contributed by atoms with Gasteiger partial charge in [0.05, 0.1) is 0 Å². The van der Waals surface area contributed by atoms with Gasteiger partial charge in [-0.25, -0.2) is 4.79 Å². The van der Waals surface area contributed by atoms with Gasteiger partial charge < -0.3 is 19.5 Å². The highest BCUT2D eigenvalue weighted by Gasteiger charge is 2.28. The molecule has 2 amide bonds. The van der Waals surface area contributed by atoms with Gasteiger partial charge in [0.1, 0.15) is 11.3 Å². The molecule has 1 fully saturated rings. The molecule has 1 aliphatic heterocycles. The first-order chi connectivity index (χ1) is 11.7. The number of aromatic nitrogens is 1. The Hall–Kier alpha value is -2.21. The number of amides is 2. The molecule has 1 aliphatic rings. The molecular formula is C18H22ClN3O3. The number of nitrogens with zero attached hydrogens (tertiary/aromatic N) is 2. The third-order valence-electron chi connectivity index (χ3n) is 4.03. The number of rotatable bonds is 1. The van der Waals surface area contributed by atoms with Crippen molar-refractivity contribution in [3.63, 3.8) is 0 Å². The van der Waals surface area contributed by atoms with E-state index in [2.05, 4.69) is 4.98 Å². The second-order valence-electron chi connectivity index (χ2n) is 7.17. The molecule has 0 spiro atoms. The fraction of sp³-hybridized carbons (Fsp3) is 0.444. The first-order valence-corrected chi connectivity index (χ1v) is 8.66. The first kappa shape index (κ1) is 17.6. The molecule has 0 bridgehead atoms. The fourth-order valence-corrected chi connectivity index (χ4v) is 2.99. The summed E-state index contributed by atoms with van der Waals surface area (Å²) in [4.78, 5) is 31.3. The van der Waals surface area contributed by atoms with Gasteiger partial charge in [0.25, 0.3) is 5.91 Å². The van der Waals surface area contributed by atoms with Crippen LogP contribution in [0, 0.1) is 0 Å². The Kier molecular flexibility index (Phi) is 4.64. The van der Waals surface area contributed by atoms with Gasteiger partial charge in [-0.3, -0.25) is 4.79 Å². The zero-order valence-corrected chi connectivity index (χ0v) is 15.4. The number of ether oxygens (including phenoxy) is 1. The molecule has 0 aliphatic carbocycles. The van der Waals surface area contributed by atoms with Crippen LogP contribution in [0.4, 0.5) is 4.79 Å². The van der Waals surface area contributed by atoms with E-state index in [0.29, 0.717) is 36.9 Å². The lowest BCUT2D eigenvalue weighted by Gasteiger charge is -2.35. The molecule has 0 radical (unpaired) electrons. The highest BCUT2D eigenvalue weighted by atomic mass is 35.5. The van der Waals surface area contributed by atoms with Crippen molar-refractivity contribution in [3.8, 4) is 0 Å². The largest absolute Gasteiger partial charge is 0.444 e. The van der Waals surface area contributed by atoms with E-state index in [9.17, 15) is 9.59 Å². The predicted molar refractivity (Wildman–Crippen MR) is 97.0 cm³/mol. The summed E-state index contributed by atoms with van der Waals surface area (Å²) in [6.07, 6.45) is -0.333. The molecule has 0 atom stereocenters. The van der Waals surface area contributed by atoms with Crippen molar-refractivity contribution >= 4 is 34.5 Å². The fourth-order valence-electron chi connectivity index (χ4n) is 2.81. The van der Waals surface area contributed by atoms with Gasteiger partial charge >= 0.3 is 6.09 Å². The summed E-state index contributed by atoms with van der Waals surface area (Å²) < 4.78 is 5.37. The molecule has 6 nitrogen and oxygen atoms in total. The lowest BCUT2D eigenvalue weighted by atomic mass is 10.2. The van der Waals surface area contributed by atoms with Crippen LogP contribution in [-0.2, 0) is 4.74 Å². The van der Waals surface area contributed by atoms with Gasteiger partial charge in [-0.15, -0.1) is 0 Å². The van der Waals surface area contributed by atoms with Crippen LogP contribution >= 0.6 is 11.6 Å². The van der Waals surface area contributed by atoms with E-state index in [0.717, 1.165) is 10.9 Å². The smallest absolute Gasteiger partial charge is 0.410 e. The van der Waals surface area contributed by atoms with Crippen molar-refractivity contribution in [2.24, 2.45) is 0 Å². The summed E-state index contributed by atoms with van der Waals surface area (Å²) in [5, 5.41) is 1.54. The van der Waals surface area contributed by atoms with Crippen molar-refractivity contribution < 1.29 is 14.3 Å². The third-order valence-corrected chi connectivity index (χ3v) is 4.27. The minimum absolute atomic E-state index is 0.0730. The minimum atomic E-state index is -0.518. The molecule has 1 N–H and O–H groups in total. The molecular weight excluding hydrogens is 342 g/mol. The third kappa shape index (κ3) is 4.07. The van der Waals surface area contributed by atoms with Crippen molar-refractivity contribution in [3.05, 3.63) is 35.0 Å². The Balaban J connectivity index is 1.63. The quantitative estimate of drug-likeness (QED) is 0.843. The number of H-pyrrole nitrogens is 1. The van der Waals surface area contributed by atoms with E-state index in [-0.39, 0.29) is 12.0 Å². The molecule has 1 aromatic heterocycles. The van der Waals surface area contributed by atoms with E-state index in [1.807, 2.05) is 39.0 Å². The SMILES string of the molecule is CC(C)(C)OC(=O)N1CCN(C(=O)c2cc3cc(Cl)ccc3[nH]2)CC1. The molecule has 7 heteroatoms. The summed E-state index contributed by atoms with van der Waals surface area (Å²) >= 11 is 5.99. The Bertz CT molecular complexity index is 801. The van der Waals surface area contributed by atoms with E-state index in [1.165, 1.54) is 0 Å². The number of fused-ring (bicyclic) bond motifs is 1. The van der Waals surface area contributed by atoms with Crippen molar-refractivity contribution in [1.82, 2.24) is 14.8 Å². The van der Waals surface area contributed by atoms with Gasteiger partial charge in [-0.05, 0) is 45.0 Å². The molecule has 25 heavy (non-hydrogen) atoms. The summed E-state index contributed by atoms with van der Waals surface area (Å²) in [7, 11) is 0. The number of halogens is 1. The number of piperazine rings is 1. The van der Waals surface area contributed by atoms with E-state index in [4.69, 9.17) is 16.3 Å². The first-order valence-electron chi connectivity index (χ1n) is 8.28. The van der Waals surface area contributed by atoms with E-state index >= 15 is 0 Å². The maximum absolute atomic E-state index is 12.7. The predicted octanol–water partition coefficient (Wildman–Crippen LogP) is 3.51. The van der Waals surface area contributed by atoms with Gasteiger partial charge in [0.2, 0.25) is 0 Å². The monoisotopic (exact) mass is 363 g/mol.